The Morgan fingerprint density at radius 2 is 1.96 bits per heavy atom. The molecule has 7 nitrogen and oxygen atoms in total. The Morgan fingerprint density at radius 3 is 2.56 bits per heavy atom. The van der Waals surface area contributed by atoms with Crippen LogP contribution in [0.25, 0.3) is 0 Å². The van der Waals surface area contributed by atoms with E-state index in [0.29, 0.717) is 25.5 Å². The first-order chi connectivity index (χ1) is 11.3. The summed E-state index contributed by atoms with van der Waals surface area (Å²) < 4.78 is 33.1. The minimum absolute atomic E-state index is 0. The van der Waals surface area contributed by atoms with E-state index in [1.165, 1.54) is 6.26 Å². The summed E-state index contributed by atoms with van der Waals surface area (Å²) in [5.74, 6) is 2.26. The molecule has 1 atom stereocenters. The average Bonchev–Trinajstić information content (AvgIpc) is 2.53. The van der Waals surface area contributed by atoms with Crippen LogP contribution in [0, 0.1) is 0 Å². The van der Waals surface area contributed by atoms with Gasteiger partial charge in [0.2, 0.25) is 0 Å². The van der Waals surface area contributed by atoms with Crippen LogP contribution in [-0.2, 0) is 9.84 Å². The van der Waals surface area contributed by atoms with Gasteiger partial charge in [0.15, 0.2) is 5.96 Å². The Labute approximate surface area is 167 Å². The Balaban J connectivity index is 0.00000576. The number of methoxy groups -OCH3 is 1. The Kier molecular flexibility index (Phi) is 11.6. The molecule has 1 aromatic rings. The summed E-state index contributed by atoms with van der Waals surface area (Å²) in [6, 6.07) is 7.43. The van der Waals surface area contributed by atoms with Gasteiger partial charge in [-0.2, -0.15) is 0 Å². The monoisotopic (exact) mass is 485 g/mol. The van der Waals surface area contributed by atoms with Crippen molar-refractivity contribution in [2.75, 3.05) is 39.3 Å². The van der Waals surface area contributed by atoms with Crippen LogP contribution < -0.4 is 20.1 Å². The number of hydrogen-bond acceptors (Lipinski definition) is 5. The smallest absolute Gasteiger partial charge is 0.191 e. The normalized spacial score (nSPS) is 12.7. The van der Waals surface area contributed by atoms with Crippen LogP contribution in [-0.4, -0.2) is 59.7 Å². The highest BCUT2D eigenvalue weighted by atomic mass is 127. The third kappa shape index (κ3) is 11.1. The lowest BCUT2D eigenvalue weighted by molar-refractivity contribution is 0.223. The van der Waals surface area contributed by atoms with Gasteiger partial charge >= 0.3 is 0 Å². The van der Waals surface area contributed by atoms with Gasteiger partial charge in [-0.05, 0) is 25.5 Å². The number of ether oxygens (including phenoxy) is 2. The number of hydrogen-bond donors (Lipinski definition) is 2. The number of nitrogens with one attached hydrogen (secondary N) is 2. The lowest BCUT2D eigenvalue weighted by Gasteiger charge is -2.18. The zero-order valence-corrected chi connectivity index (χ0v) is 18.3. The van der Waals surface area contributed by atoms with Crippen LogP contribution >= 0.6 is 24.0 Å². The highest BCUT2D eigenvalue weighted by molar-refractivity contribution is 14.0. The lowest BCUT2D eigenvalue weighted by Crippen LogP contribution is -2.42. The fraction of sp³-hybridized carbons (Fsp3) is 0.562. The van der Waals surface area contributed by atoms with E-state index >= 15 is 0 Å². The molecular formula is C16H28IN3O4S. The summed E-state index contributed by atoms with van der Waals surface area (Å²) in [6.45, 7) is 3.05. The molecule has 0 aliphatic heterocycles. The van der Waals surface area contributed by atoms with E-state index in [0.717, 1.165) is 11.5 Å². The maximum atomic E-state index is 11.1. The highest BCUT2D eigenvalue weighted by Crippen LogP contribution is 2.19. The minimum atomic E-state index is -2.93. The van der Waals surface area contributed by atoms with Crippen molar-refractivity contribution >= 4 is 39.8 Å². The zero-order chi connectivity index (χ0) is 18.0. The van der Waals surface area contributed by atoms with Crippen molar-refractivity contribution in [1.29, 1.82) is 0 Å². The van der Waals surface area contributed by atoms with Gasteiger partial charge in [-0.1, -0.05) is 6.07 Å². The van der Waals surface area contributed by atoms with Crippen LogP contribution in [0.3, 0.4) is 0 Å². The number of rotatable bonds is 9. The van der Waals surface area contributed by atoms with E-state index in [1.807, 2.05) is 31.2 Å². The molecule has 0 aliphatic rings. The molecule has 0 fully saturated rings. The second-order valence-corrected chi connectivity index (χ2v) is 7.73. The van der Waals surface area contributed by atoms with Gasteiger partial charge in [-0.3, -0.25) is 4.99 Å². The van der Waals surface area contributed by atoms with E-state index in [2.05, 4.69) is 15.6 Å². The minimum Gasteiger partial charge on any atom is -0.497 e. The largest absolute Gasteiger partial charge is 0.497 e. The third-order valence-electron chi connectivity index (χ3n) is 3.14. The van der Waals surface area contributed by atoms with Crippen molar-refractivity contribution < 1.29 is 17.9 Å². The van der Waals surface area contributed by atoms with Crippen molar-refractivity contribution in [3.63, 3.8) is 0 Å². The van der Waals surface area contributed by atoms with Crippen molar-refractivity contribution in [2.45, 2.75) is 19.4 Å². The first-order valence-corrected chi connectivity index (χ1v) is 9.83. The van der Waals surface area contributed by atoms with E-state index in [1.54, 1.807) is 14.2 Å². The molecule has 1 rings (SSSR count). The molecule has 144 valence electrons. The van der Waals surface area contributed by atoms with Crippen molar-refractivity contribution in [1.82, 2.24) is 10.6 Å². The zero-order valence-electron chi connectivity index (χ0n) is 15.1. The molecule has 0 aliphatic carbocycles. The molecule has 0 aromatic heterocycles. The van der Waals surface area contributed by atoms with Gasteiger partial charge in [0.1, 0.15) is 27.4 Å². The predicted octanol–water partition coefficient (Wildman–Crippen LogP) is 1.68. The summed E-state index contributed by atoms with van der Waals surface area (Å²) in [7, 11) is 0.355. The van der Waals surface area contributed by atoms with Gasteiger partial charge in [0.05, 0.1) is 19.4 Å². The maximum Gasteiger partial charge on any atom is 0.191 e. The van der Waals surface area contributed by atoms with E-state index in [9.17, 15) is 8.42 Å². The Bertz CT molecular complexity index is 638. The average molecular weight is 485 g/mol. The molecule has 0 saturated heterocycles. The fourth-order valence-corrected chi connectivity index (χ4v) is 2.62. The van der Waals surface area contributed by atoms with Crippen molar-refractivity contribution in [3.8, 4) is 11.5 Å². The number of aliphatic imine (C=N–C) groups is 1. The SMILES string of the molecule is CN=C(NCCCS(C)(=O)=O)NCC(C)Oc1cccc(OC)c1.I. The standard InChI is InChI=1S/C16H27N3O4S.HI/c1-13(23-15-8-5-7-14(11-15)22-3)12-19-16(17-2)18-9-6-10-24(4,20)21;/h5,7-8,11,13H,6,9-10,12H2,1-4H3,(H2,17,18,19);1H. The van der Waals surface area contributed by atoms with Crippen molar-refractivity contribution in [2.24, 2.45) is 4.99 Å². The molecule has 0 saturated carbocycles. The second-order valence-electron chi connectivity index (χ2n) is 5.47. The van der Waals surface area contributed by atoms with Gasteiger partial charge in [-0.25, -0.2) is 8.42 Å². The molecule has 0 spiro atoms. The predicted molar refractivity (Wildman–Crippen MR) is 112 cm³/mol. The van der Waals surface area contributed by atoms with Crippen molar-refractivity contribution in [3.05, 3.63) is 24.3 Å². The number of benzene rings is 1. The maximum absolute atomic E-state index is 11.1. The molecule has 1 aromatic carbocycles. The summed E-state index contributed by atoms with van der Waals surface area (Å²) in [5, 5.41) is 6.23. The topological polar surface area (TPSA) is 89.0 Å². The summed E-state index contributed by atoms with van der Waals surface area (Å²) in [5.41, 5.74) is 0. The Hall–Kier alpha value is -1.23. The van der Waals surface area contributed by atoms with Crippen LogP contribution in [0.1, 0.15) is 13.3 Å². The number of sulfone groups is 1. The molecule has 0 radical (unpaired) electrons. The van der Waals surface area contributed by atoms with Gasteiger partial charge in [0.25, 0.3) is 0 Å². The molecule has 1 unspecified atom stereocenters. The van der Waals surface area contributed by atoms with Gasteiger partial charge < -0.3 is 20.1 Å². The van der Waals surface area contributed by atoms with Crippen LogP contribution in [0.4, 0.5) is 0 Å². The first kappa shape index (κ1) is 23.8. The van der Waals surface area contributed by atoms with Gasteiger partial charge in [-0.15, -0.1) is 24.0 Å². The summed E-state index contributed by atoms with van der Waals surface area (Å²) in [4.78, 5) is 4.10. The quantitative estimate of drug-likeness (QED) is 0.240. The molecule has 9 heteroatoms. The summed E-state index contributed by atoms with van der Waals surface area (Å²) >= 11 is 0. The van der Waals surface area contributed by atoms with E-state index in [-0.39, 0.29) is 35.8 Å². The van der Waals surface area contributed by atoms with Gasteiger partial charge in [0, 0.05) is 25.9 Å². The molecular weight excluding hydrogens is 457 g/mol. The molecule has 0 bridgehead atoms. The first-order valence-electron chi connectivity index (χ1n) is 7.77. The van der Waals surface area contributed by atoms with E-state index < -0.39 is 9.84 Å². The molecule has 2 N–H and O–H groups in total. The van der Waals surface area contributed by atoms with Crippen LogP contribution in [0.5, 0.6) is 11.5 Å². The molecule has 25 heavy (non-hydrogen) atoms. The fourth-order valence-electron chi connectivity index (χ4n) is 1.95. The number of halogens is 1. The third-order valence-corrected chi connectivity index (χ3v) is 4.17. The lowest BCUT2D eigenvalue weighted by atomic mass is 10.3. The highest BCUT2D eigenvalue weighted by Gasteiger charge is 2.07. The number of guanidine groups is 1. The summed E-state index contributed by atoms with van der Waals surface area (Å²) in [6.07, 6.45) is 1.69. The Morgan fingerprint density at radius 1 is 1.28 bits per heavy atom. The molecule has 0 amide bonds. The number of nitrogens with zero attached hydrogens (tertiary/aromatic N) is 1. The molecule has 0 heterocycles. The van der Waals surface area contributed by atoms with Crippen LogP contribution in [0.2, 0.25) is 0 Å². The van der Waals surface area contributed by atoms with E-state index in [4.69, 9.17) is 9.47 Å². The van der Waals surface area contributed by atoms with Crippen LogP contribution in [0.15, 0.2) is 29.3 Å². The second kappa shape index (κ2) is 12.2.